The van der Waals surface area contributed by atoms with Gasteiger partial charge in [0.05, 0.1) is 17.6 Å². The predicted octanol–water partition coefficient (Wildman–Crippen LogP) is 5.24. The molecule has 0 amide bonds. The highest BCUT2D eigenvalue weighted by Crippen LogP contribution is 2.31. The Bertz CT molecular complexity index is 1280. The van der Waals surface area contributed by atoms with Gasteiger partial charge in [-0.1, -0.05) is 37.3 Å². The minimum atomic E-state index is -0.967. The fourth-order valence-electron chi connectivity index (χ4n) is 3.55. The standard InChI is InChI=1S/C25H24N2O4S/c1-2-7-22-26-23-20(16-21(32-23)17-8-4-3-5-9-17)24(28)27(22)14-6-15-31-19-12-10-18(11-13-19)25(29)30/h3-5,8-13,16H,2,6-7,14-15H2,1H3,(H,29,30). The fraction of sp³-hybridized carbons (Fsp3) is 0.240. The van der Waals surface area contributed by atoms with Crippen LogP contribution < -0.4 is 10.3 Å². The SMILES string of the molecule is CCCc1nc2sc(-c3ccccc3)cc2c(=O)n1CCCOc1ccc(C(=O)O)cc1. The average molecular weight is 449 g/mol. The molecular formula is C25H24N2O4S. The van der Waals surface area contributed by atoms with E-state index in [-0.39, 0.29) is 11.1 Å². The number of nitrogens with zero attached hydrogens (tertiary/aromatic N) is 2. The second-order valence-corrected chi connectivity index (χ2v) is 8.49. The van der Waals surface area contributed by atoms with E-state index in [1.165, 1.54) is 12.1 Å². The summed E-state index contributed by atoms with van der Waals surface area (Å²) in [6.07, 6.45) is 2.28. The second kappa shape index (κ2) is 9.78. The number of hydrogen-bond acceptors (Lipinski definition) is 5. The lowest BCUT2D eigenvalue weighted by atomic mass is 10.2. The third-order valence-corrected chi connectivity index (χ3v) is 6.24. The average Bonchev–Trinajstić information content (AvgIpc) is 3.24. The number of rotatable bonds is 9. The van der Waals surface area contributed by atoms with E-state index in [1.807, 2.05) is 36.4 Å². The molecule has 7 heteroatoms. The summed E-state index contributed by atoms with van der Waals surface area (Å²) in [6.45, 7) is 3.01. The van der Waals surface area contributed by atoms with Crippen LogP contribution in [0.5, 0.6) is 5.75 Å². The zero-order valence-corrected chi connectivity index (χ0v) is 18.6. The Kier molecular flexibility index (Phi) is 6.66. The van der Waals surface area contributed by atoms with Crippen molar-refractivity contribution in [3.05, 3.63) is 82.4 Å². The summed E-state index contributed by atoms with van der Waals surface area (Å²) in [5.74, 6) is 0.443. The van der Waals surface area contributed by atoms with Gasteiger partial charge in [-0.3, -0.25) is 9.36 Å². The van der Waals surface area contributed by atoms with Crippen molar-refractivity contribution >= 4 is 27.5 Å². The molecule has 2 aromatic carbocycles. The van der Waals surface area contributed by atoms with Crippen molar-refractivity contribution < 1.29 is 14.6 Å². The van der Waals surface area contributed by atoms with Gasteiger partial charge in [0.2, 0.25) is 0 Å². The molecule has 32 heavy (non-hydrogen) atoms. The van der Waals surface area contributed by atoms with Gasteiger partial charge in [0.25, 0.3) is 5.56 Å². The monoisotopic (exact) mass is 448 g/mol. The van der Waals surface area contributed by atoms with E-state index in [9.17, 15) is 9.59 Å². The second-order valence-electron chi connectivity index (χ2n) is 7.46. The van der Waals surface area contributed by atoms with E-state index in [2.05, 4.69) is 6.92 Å². The smallest absolute Gasteiger partial charge is 0.335 e. The van der Waals surface area contributed by atoms with Crippen LogP contribution in [-0.2, 0) is 13.0 Å². The highest BCUT2D eigenvalue weighted by molar-refractivity contribution is 7.21. The first kappa shape index (κ1) is 21.8. The van der Waals surface area contributed by atoms with Gasteiger partial charge in [-0.25, -0.2) is 9.78 Å². The number of carboxylic acids is 1. The van der Waals surface area contributed by atoms with Crippen LogP contribution in [0.2, 0.25) is 0 Å². The molecule has 0 fully saturated rings. The summed E-state index contributed by atoms with van der Waals surface area (Å²) in [5, 5.41) is 9.63. The Hall–Kier alpha value is -3.45. The minimum Gasteiger partial charge on any atom is -0.494 e. The summed E-state index contributed by atoms with van der Waals surface area (Å²) in [4.78, 5) is 30.9. The van der Waals surface area contributed by atoms with Crippen LogP contribution in [0.15, 0.2) is 65.5 Å². The van der Waals surface area contributed by atoms with Crippen molar-refractivity contribution in [1.29, 1.82) is 0 Å². The van der Waals surface area contributed by atoms with Gasteiger partial charge in [0.1, 0.15) is 16.4 Å². The number of hydrogen-bond donors (Lipinski definition) is 1. The highest BCUT2D eigenvalue weighted by Gasteiger charge is 2.14. The molecule has 0 spiro atoms. The van der Waals surface area contributed by atoms with Gasteiger partial charge in [0.15, 0.2) is 0 Å². The maximum atomic E-state index is 13.3. The molecule has 1 N–H and O–H groups in total. The fourth-order valence-corrected chi connectivity index (χ4v) is 4.60. The summed E-state index contributed by atoms with van der Waals surface area (Å²) in [7, 11) is 0. The van der Waals surface area contributed by atoms with Gasteiger partial charge >= 0.3 is 5.97 Å². The van der Waals surface area contributed by atoms with Crippen LogP contribution in [0, 0.1) is 0 Å². The Morgan fingerprint density at radius 2 is 1.88 bits per heavy atom. The first-order valence-corrected chi connectivity index (χ1v) is 11.4. The molecule has 0 aliphatic heterocycles. The van der Waals surface area contributed by atoms with Crippen molar-refractivity contribution in [2.75, 3.05) is 6.61 Å². The van der Waals surface area contributed by atoms with E-state index in [4.69, 9.17) is 14.8 Å². The van der Waals surface area contributed by atoms with Crippen LogP contribution >= 0.6 is 11.3 Å². The lowest BCUT2D eigenvalue weighted by Crippen LogP contribution is -2.25. The Labute approximate surface area is 189 Å². The van der Waals surface area contributed by atoms with E-state index in [0.29, 0.717) is 30.7 Å². The maximum Gasteiger partial charge on any atom is 0.335 e. The first-order chi connectivity index (χ1) is 15.6. The van der Waals surface area contributed by atoms with E-state index in [0.717, 1.165) is 33.9 Å². The number of aromatic nitrogens is 2. The van der Waals surface area contributed by atoms with E-state index < -0.39 is 5.97 Å². The summed E-state index contributed by atoms with van der Waals surface area (Å²) in [6, 6.07) is 18.3. The number of carbonyl (C=O) groups is 1. The summed E-state index contributed by atoms with van der Waals surface area (Å²) >= 11 is 1.55. The third-order valence-electron chi connectivity index (χ3n) is 5.16. The molecule has 0 aliphatic carbocycles. The van der Waals surface area contributed by atoms with Crippen LogP contribution in [0.4, 0.5) is 0 Å². The number of aryl methyl sites for hydroxylation is 1. The molecule has 0 aliphatic rings. The molecule has 4 aromatic rings. The molecule has 2 heterocycles. The van der Waals surface area contributed by atoms with E-state index >= 15 is 0 Å². The molecule has 0 unspecified atom stereocenters. The van der Waals surface area contributed by atoms with Crippen LogP contribution in [0.25, 0.3) is 20.7 Å². The minimum absolute atomic E-state index is 0.0114. The number of carboxylic acid groups (broad SMARTS) is 1. The summed E-state index contributed by atoms with van der Waals surface area (Å²) in [5.41, 5.74) is 1.29. The maximum absolute atomic E-state index is 13.3. The molecule has 0 radical (unpaired) electrons. The molecule has 164 valence electrons. The van der Waals surface area contributed by atoms with Gasteiger partial charge in [0, 0.05) is 17.8 Å². The van der Waals surface area contributed by atoms with Gasteiger partial charge in [-0.2, -0.15) is 0 Å². The number of ether oxygens (including phenoxy) is 1. The third kappa shape index (κ3) is 4.73. The zero-order chi connectivity index (χ0) is 22.5. The zero-order valence-electron chi connectivity index (χ0n) is 17.8. The van der Waals surface area contributed by atoms with Crippen molar-refractivity contribution in [2.24, 2.45) is 0 Å². The Balaban J connectivity index is 1.51. The Morgan fingerprint density at radius 3 is 2.56 bits per heavy atom. The molecule has 0 atom stereocenters. The van der Waals surface area contributed by atoms with Gasteiger partial charge < -0.3 is 9.84 Å². The topological polar surface area (TPSA) is 81.4 Å². The van der Waals surface area contributed by atoms with Crippen molar-refractivity contribution in [3.8, 4) is 16.2 Å². The Morgan fingerprint density at radius 1 is 1.12 bits per heavy atom. The molecular weight excluding hydrogens is 424 g/mol. The first-order valence-electron chi connectivity index (χ1n) is 10.6. The molecule has 0 saturated carbocycles. The van der Waals surface area contributed by atoms with Crippen molar-refractivity contribution in [2.45, 2.75) is 32.7 Å². The number of thiophene rings is 1. The number of benzene rings is 2. The lowest BCUT2D eigenvalue weighted by Gasteiger charge is -2.12. The van der Waals surface area contributed by atoms with Crippen LogP contribution in [0.1, 0.15) is 35.9 Å². The largest absolute Gasteiger partial charge is 0.494 e. The van der Waals surface area contributed by atoms with Gasteiger partial charge in [-0.05, 0) is 48.7 Å². The summed E-state index contributed by atoms with van der Waals surface area (Å²) < 4.78 is 7.49. The van der Waals surface area contributed by atoms with Gasteiger partial charge in [-0.15, -0.1) is 11.3 Å². The van der Waals surface area contributed by atoms with Crippen LogP contribution in [0.3, 0.4) is 0 Å². The molecule has 0 bridgehead atoms. The van der Waals surface area contributed by atoms with Crippen LogP contribution in [-0.4, -0.2) is 27.2 Å². The van der Waals surface area contributed by atoms with Crippen molar-refractivity contribution in [3.63, 3.8) is 0 Å². The highest BCUT2D eigenvalue weighted by atomic mass is 32.1. The molecule has 0 saturated heterocycles. The normalized spacial score (nSPS) is 11.0. The quantitative estimate of drug-likeness (QED) is 0.354. The lowest BCUT2D eigenvalue weighted by molar-refractivity contribution is 0.0697. The number of fused-ring (bicyclic) bond motifs is 1. The number of aromatic carboxylic acids is 1. The van der Waals surface area contributed by atoms with E-state index in [1.54, 1.807) is 28.0 Å². The predicted molar refractivity (Wildman–Crippen MR) is 127 cm³/mol. The molecule has 4 rings (SSSR count). The molecule has 2 aromatic heterocycles. The molecule has 6 nitrogen and oxygen atoms in total. The van der Waals surface area contributed by atoms with Crippen molar-refractivity contribution in [1.82, 2.24) is 9.55 Å².